The molecule has 2 aliphatic rings. The fourth-order valence-electron chi connectivity index (χ4n) is 5.29. The Morgan fingerprint density at radius 2 is 1.59 bits per heavy atom. The van der Waals surface area contributed by atoms with Gasteiger partial charge in [0.25, 0.3) is 0 Å². The van der Waals surface area contributed by atoms with Gasteiger partial charge in [-0.2, -0.15) is 0 Å². The Kier molecular flexibility index (Phi) is 6.91. The number of carbonyl (C=O) groups is 3. The topological polar surface area (TPSA) is 95.9 Å². The normalized spacial score (nSPS) is 16.1. The summed E-state index contributed by atoms with van der Waals surface area (Å²) in [4.78, 5) is 39.1. The average molecular weight is 465 g/mol. The Hall–Kier alpha value is -3.35. The van der Waals surface area contributed by atoms with E-state index < -0.39 is 17.6 Å². The molecule has 2 N–H and O–H groups in total. The van der Waals surface area contributed by atoms with Crippen molar-refractivity contribution in [2.24, 2.45) is 0 Å². The molecule has 4 rings (SSSR count). The quantitative estimate of drug-likeness (QED) is 0.598. The van der Waals surface area contributed by atoms with Crippen molar-refractivity contribution in [2.75, 3.05) is 13.2 Å². The third-order valence-electron chi connectivity index (χ3n) is 7.00. The number of benzene rings is 2. The van der Waals surface area contributed by atoms with Crippen LogP contribution in [0.25, 0.3) is 11.1 Å². The maximum absolute atomic E-state index is 13.5. The minimum atomic E-state index is -1.05. The number of nitrogens with zero attached hydrogens (tertiary/aromatic N) is 1. The van der Waals surface area contributed by atoms with Crippen LogP contribution in [0.5, 0.6) is 0 Å². The van der Waals surface area contributed by atoms with Crippen molar-refractivity contribution in [3.05, 3.63) is 59.7 Å². The SMILES string of the molecule is CC(C)N(CCC(=O)O)C(=O)C1(NC(=O)OCC2c3ccccc3-c3ccccc32)CCCC1. The lowest BCUT2D eigenvalue weighted by molar-refractivity contribution is -0.142. The zero-order chi connectivity index (χ0) is 24.3. The summed E-state index contributed by atoms with van der Waals surface area (Å²) >= 11 is 0. The maximum atomic E-state index is 13.5. The first-order valence-electron chi connectivity index (χ1n) is 12.0. The van der Waals surface area contributed by atoms with E-state index in [4.69, 9.17) is 9.84 Å². The molecule has 2 aromatic carbocycles. The minimum Gasteiger partial charge on any atom is -0.481 e. The number of carboxylic acids is 1. The molecule has 180 valence electrons. The Bertz CT molecular complexity index is 1030. The molecule has 0 heterocycles. The Morgan fingerprint density at radius 1 is 1.03 bits per heavy atom. The number of hydrogen-bond donors (Lipinski definition) is 2. The summed E-state index contributed by atoms with van der Waals surface area (Å²) in [6.45, 7) is 4.00. The second-order valence-corrected chi connectivity index (χ2v) is 9.48. The van der Waals surface area contributed by atoms with E-state index in [2.05, 4.69) is 29.6 Å². The molecule has 7 nitrogen and oxygen atoms in total. The van der Waals surface area contributed by atoms with Gasteiger partial charge in [-0.25, -0.2) is 4.79 Å². The molecular weight excluding hydrogens is 432 g/mol. The fraction of sp³-hybridized carbons (Fsp3) is 0.444. The van der Waals surface area contributed by atoms with Crippen LogP contribution in [-0.4, -0.2) is 52.7 Å². The van der Waals surface area contributed by atoms with E-state index in [0.717, 1.165) is 35.1 Å². The summed E-state index contributed by atoms with van der Waals surface area (Å²) in [6.07, 6.45) is 1.93. The van der Waals surface area contributed by atoms with E-state index >= 15 is 0 Å². The van der Waals surface area contributed by atoms with Crippen molar-refractivity contribution in [1.82, 2.24) is 10.2 Å². The van der Waals surface area contributed by atoms with Crippen molar-refractivity contribution in [1.29, 1.82) is 0 Å². The smallest absolute Gasteiger partial charge is 0.408 e. The lowest BCUT2D eigenvalue weighted by Crippen LogP contribution is -2.59. The number of ether oxygens (including phenoxy) is 1. The number of amides is 2. The van der Waals surface area contributed by atoms with Gasteiger partial charge < -0.3 is 20.1 Å². The highest BCUT2D eigenvalue weighted by Crippen LogP contribution is 2.44. The molecule has 2 aromatic rings. The Labute approximate surface area is 200 Å². The number of nitrogens with one attached hydrogen (secondary N) is 1. The highest BCUT2D eigenvalue weighted by Gasteiger charge is 2.46. The molecule has 0 aromatic heterocycles. The number of hydrogen-bond acceptors (Lipinski definition) is 4. The van der Waals surface area contributed by atoms with Gasteiger partial charge in [0.15, 0.2) is 0 Å². The third kappa shape index (κ3) is 4.65. The summed E-state index contributed by atoms with van der Waals surface area (Å²) in [7, 11) is 0. The number of carbonyl (C=O) groups excluding carboxylic acids is 2. The summed E-state index contributed by atoms with van der Waals surface area (Å²) < 4.78 is 5.70. The molecule has 34 heavy (non-hydrogen) atoms. The first kappa shape index (κ1) is 23.8. The molecule has 7 heteroatoms. The maximum Gasteiger partial charge on any atom is 0.408 e. The molecule has 0 bridgehead atoms. The Balaban J connectivity index is 1.47. The van der Waals surface area contributed by atoms with Crippen molar-refractivity contribution in [3.63, 3.8) is 0 Å². The van der Waals surface area contributed by atoms with Gasteiger partial charge in [-0.15, -0.1) is 0 Å². The van der Waals surface area contributed by atoms with Crippen LogP contribution < -0.4 is 5.32 Å². The van der Waals surface area contributed by atoms with E-state index in [9.17, 15) is 14.4 Å². The lowest BCUT2D eigenvalue weighted by atomic mass is 9.94. The number of rotatable bonds is 8. The van der Waals surface area contributed by atoms with Gasteiger partial charge in [0, 0.05) is 18.5 Å². The predicted octanol–water partition coefficient (Wildman–Crippen LogP) is 4.55. The molecule has 2 amide bonds. The molecular formula is C27H32N2O5. The average Bonchev–Trinajstić information content (AvgIpc) is 3.41. The van der Waals surface area contributed by atoms with E-state index in [1.807, 2.05) is 38.1 Å². The van der Waals surface area contributed by atoms with Crippen molar-refractivity contribution in [3.8, 4) is 11.1 Å². The summed E-state index contributed by atoms with van der Waals surface area (Å²) in [5.41, 5.74) is 3.51. The molecule has 1 saturated carbocycles. The molecule has 0 atom stereocenters. The second-order valence-electron chi connectivity index (χ2n) is 9.48. The highest BCUT2D eigenvalue weighted by molar-refractivity contribution is 5.91. The van der Waals surface area contributed by atoms with Crippen molar-refractivity contribution >= 4 is 18.0 Å². The van der Waals surface area contributed by atoms with Crippen molar-refractivity contribution < 1.29 is 24.2 Å². The standard InChI is InChI=1S/C27H32N2O5/c1-18(2)29(16-13-24(30)31)25(32)27(14-7-8-15-27)28-26(33)34-17-23-21-11-5-3-9-19(21)20-10-4-6-12-22(20)23/h3-6,9-12,18,23H,7-8,13-17H2,1-2H3,(H,28,33)(H,30,31). The first-order chi connectivity index (χ1) is 16.3. The van der Waals surface area contributed by atoms with Crippen LogP contribution >= 0.6 is 0 Å². The molecule has 0 radical (unpaired) electrons. The molecule has 0 spiro atoms. The first-order valence-corrected chi connectivity index (χ1v) is 12.0. The van der Waals surface area contributed by atoms with Gasteiger partial charge in [-0.3, -0.25) is 9.59 Å². The van der Waals surface area contributed by atoms with Crippen LogP contribution in [0.15, 0.2) is 48.5 Å². The van der Waals surface area contributed by atoms with Crippen LogP contribution in [0.3, 0.4) is 0 Å². The van der Waals surface area contributed by atoms with Crippen LogP contribution in [0.1, 0.15) is 63.0 Å². The molecule has 0 saturated heterocycles. The molecule has 2 aliphatic carbocycles. The van der Waals surface area contributed by atoms with Crippen LogP contribution in [-0.2, 0) is 14.3 Å². The van der Waals surface area contributed by atoms with Crippen LogP contribution in [0.2, 0.25) is 0 Å². The number of aliphatic carboxylic acids is 1. The lowest BCUT2D eigenvalue weighted by Gasteiger charge is -2.36. The fourth-order valence-corrected chi connectivity index (χ4v) is 5.29. The van der Waals surface area contributed by atoms with E-state index in [1.165, 1.54) is 0 Å². The Morgan fingerprint density at radius 3 is 2.12 bits per heavy atom. The van der Waals surface area contributed by atoms with Gasteiger partial charge in [-0.1, -0.05) is 61.4 Å². The summed E-state index contributed by atoms with van der Waals surface area (Å²) in [6, 6.07) is 16.1. The highest BCUT2D eigenvalue weighted by atomic mass is 16.5. The number of carboxylic acid groups (broad SMARTS) is 1. The summed E-state index contributed by atoms with van der Waals surface area (Å²) in [5, 5.41) is 12.0. The largest absolute Gasteiger partial charge is 0.481 e. The van der Waals surface area contributed by atoms with Crippen LogP contribution in [0.4, 0.5) is 4.79 Å². The van der Waals surface area contributed by atoms with Crippen LogP contribution in [0, 0.1) is 0 Å². The van der Waals surface area contributed by atoms with E-state index in [-0.39, 0.29) is 37.4 Å². The van der Waals surface area contributed by atoms with Gasteiger partial charge >= 0.3 is 12.1 Å². The molecule has 1 fully saturated rings. The van der Waals surface area contributed by atoms with Gasteiger partial charge in [0.2, 0.25) is 5.91 Å². The van der Waals surface area contributed by atoms with Gasteiger partial charge in [0.05, 0.1) is 6.42 Å². The zero-order valence-electron chi connectivity index (χ0n) is 19.8. The van der Waals surface area contributed by atoms with Gasteiger partial charge in [0.1, 0.15) is 12.1 Å². The third-order valence-corrected chi connectivity index (χ3v) is 7.00. The van der Waals surface area contributed by atoms with Crippen molar-refractivity contribution in [2.45, 2.75) is 63.5 Å². The molecule has 0 aliphatic heterocycles. The zero-order valence-corrected chi connectivity index (χ0v) is 19.8. The monoisotopic (exact) mass is 464 g/mol. The minimum absolute atomic E-state index is 0.0592. The van der Waals surface area contributed by atoms with Gasteiger partial charge in [-0.05, 0) is 48.9 Å². The predicted molar refractivity (Wildman–Crippen MR) is 129 cm³/mol. The van der Waals surface area contributed by atoms with E-state index in [1.54, 1.807) is 4.90 Å². The number of fused-ring (bicyclic) bond motifs is 3. The molecule has 0 unspecified atom stereocenters. The second kappa shape index (κ2) is 9.87. The number of alkyl carbamates (subject to hydrolysis) is 1. The van der Waals surface area contributed by atoms with E-state index in [0.29, 0.717) is 12.8 Å². The summed E-state index contributed by atoms with van der Waals surface area (Å²) in [5.74, 6) is -1.24.